The van der Waals surface area contributed by atoms with Gasteiger partial charge in [0.25, 0.3) is 0 Å². The molecule has 0 bridgehead atoms. The van der Waals surface area contributed by atoms with Crippen molar-refractivity contribution in [2.75, 3.05) is 0 Å². The molecule has 0 aliphatic heterocycles. The summed E-state index contributed by atoms with van der Waals surface area (Å²) in [4.78, 5) is 11.1. The first kappa shape index (κ1) is 14.3. The van der Waals surface area contributed by atoms with Crippen LogP contribution in [0.5, 0.6) is 11.5 Å². The lowest BCUT2D eigenvalue weighted by molar-refractivity contribution is -0.140. The fraction of sp³-hybridized carbons (Fsp3) is 0.462. The van der Waals surface area contributed by atoms with Crippen LogP contribution in [0.4, 0.5) is 0 Å². The Morgan fingerprint density at radius 2 is 1.83 bits per heavy atom. The van der Waals surface area contributed by atoms with E-state index in [0.717, 1.165) is 0 Å². The first-order valence-electron chi connectivity index (χ1n) is 5.83. The number of phenolic OH excluding ortho intramolecular Hbond substituents is 2. The summed E-state index contributed by atoms with van der Waals surface area (Å²) in [5, 5.41) is 30.9. The molecule has 0 radical (unpaired) electrons. The van der Waals surface area contributed by atoms with Crippen molar-refractivity contribution in [1.82, 2.24) is 5.32 Å². The largest absolute Gasteiger partial charge is 0.508 e. The van der Waals surface area contributed by atoms with Crippen molar-refractivity contribution in [3.05, 3.63) is 23.8 Å². The molecule has 2 unspecified atom stereocenters. The molecular formula is C13H19NO4. The van der Waals surface area contributed by atoms with Crippen molar-refractivity contribution in [3.8, 4) is 11.5 Å². The maximum atomic E-state index is 11.1. The van der Waals surface area contributed by atoms with Gasteiger partial charge in [0.05, 0.1) is 0 Å². The lowest BCUT2D eigenvalue weighted by Gasteiger charge is -2.23. The molecule has 1 rings (SSSR count). The molecule has 0 spiro atoms. The third-order valence-corrected chi connectivity index (χ3v) is 2.84. The highest BCUT2D eigenvalue weighted by atomic mass is 16.4. The minimum atomic E-state index is -0.921. The summed E-state index contributed by atoms with van der Waals surface area (Å²) in [5.41, 5.74) is 0.555. The van der Waals surface area contributed by atoms with Gasteiger partial charge in [0.15, 0.2) is 0 Å². The molecule has 0 amide bonds. The van der Waals surface area contributed by atoms with Gasteiger partial charge in [-0.15, -0.1) is 0 Å². The van der Waals surface area contributed by atoms with Gasteiger partial charge in [-0.25, -0.2) is 0 Å². The lowest BCUT2D eigenvalue weighted by atomic mass is 10.0. The van der Waals surface area contributed by atoms with E-state index < -0.39 is 12.0 Å². The van der Waals surface area contributed by atoms with Crippen LogP contribution in [0.1, 0.15) is 32.4 Å². The molecule has 5 nitrogen and oxygen atoms in total. The Morgan fingerprint density at radius 1 is 1.22 bits per heavy atom. The first-order chi connectivity index (χ1) is 8.32. The Labute approximate surface area is 106 Å². The number of carboxylic acid groups (broad SMARTS) is 1. The Hall–Kier alpha value is -1.75. The second kappa shape index (κ2) is 5.73. The van der Waals surface area contributed by atoms with Crippen molar-refractivity contribution in [3.63, 3.8) is 0 Å². The van der Waals surface area contributed by atoms with E-state index in [1.165, 1.54) is 12.1 Å². The monoisotopic (exact) mass is 253 g/mol. The quantitative estimate of drug-likeness (QED) is 0.643. The Bertz CT molecular complexity index is 431. The van der Waals surface area contributed by atoms with Crippen LogP contribution in [0, 0.1) is 5.92 Å². The predicted octanol–water partition coefficient (Wildman–Crippen LogP) is 1.86. The molecule has 0 heterocycles. The molecule has 0 saturated heterocycles. The highest BCUT2D eigenvalue weighted by Crippen LogP contribution is 2.28. The molecule has 0 saturated carbocycles. The molecule has 0 fully saturated rings. The van der Waals surface area contributed by atoms with Gasteiger partial charge in [0.2, 0.25) is 0 Å². The predicted molar refractivity (Wildman–Crippen MR) is 67.6 cm³/mol. The minimum Gasteiger partial charge on any atom is -0.508 e. The number of benzene rings is 1. The van der Waals surface area contributed by atoms with Crippen molar-refractivity contribution < 1.29 is 20.1 Å². The number of hydrogen-bond donors (Lipinski definition) is 4. The number of phenols is 2. The molecule has 5 heteroatoms. The van der Waals surface area contributed by atoms with E-state index in [9.17, 15) is 15.0 Å². The van der Waals surface area contributed by atoms with E-state index in [-0.39, 0.29) is 23.5 Å². The minimum absolute atomic E-state index is 0.0258. The van der Waals surface area contributed by atoms with Crippen LogP contribution in [0.2, 0.25) is 0 Å². The Balaban J connectivity index is 2.87. The summed E-state index contributed by atoms with van der Waals surface area (Å²) in [6.07, 6.45) is 0. The summed E-state index contributed by atoms with van der Waals surface area (Å²) >= 11 is 0. The van der Waals surface area contributed by atoms with Crippen LogP contribution in [-0.2, 0) is 4.79 Å². The van der Waals surface area contributed by atoms with E-state index in [2.05, 4.69) is 5.32 Å². The number of rotatable bonds is 5. The summed E-state index contributed by atoms with van der Waals surface area (Å²) in [7, 11) is 0. The maximum absolute atomic E-state index is 11.1. The van der Waals surface area contributed by atoms with Gasteiger partial charge in [-0.3, -0.25) is 10.1 Å². The van der Waals surface area contributed by atoms with Crippen LogP contribution in [0.15, 0.2) is 18.2 Å². The fourth-order valence-corrected chi connectivity index (χ4v) is 1.81. The number of hydrogen-bond acceptors (Lipinski definition) is 4. The molecule has 2 atom stereocenters. The zero-order valence-corrected chi connectivity index (χ0v) is 10.7. The summed E-state index contributed by atoms with van der Waals surface area (Å²) in [6, 6.07) is 3.25. The molecular weight excluding hydrogens is 234 g/mol. The summed E-state index contributed by atoms with van der Waals surface area (Å²) in [5.74, 6) is -1.07. The number of carboxylic acids is 1. The zero-order valence-electron chi connectivity index (χ0n) is 10.7. The third-order valence-electron chi connectivity index (χ3n) is 2.84. The van der Waals surface area contributed by atoms with Crippen LogP contribution in [0.25, 0.3) is 0 Å². The average molecular weight is 253 g/mol. The van der Waals surface area contributed by atoms with E-state index in [1.807, 2.05) is 13.8 Å². The SMILES string of the molecule is CC(NC(C(=O)O)C(C)C)c1ccc(O)cc1O. The average Bonchev–Trinajstić information content (AvgIpc) is 2.24. The van der Waals surface area contributed by atoms with Gasteiger partial charge in [-0.1, -0.05) is 19.9 Å². The van der Waals surface area contributed by atoms with Crippen LogP contribution < -0.4 is 5.32 Å². The number of carbonyl (C=O) groups is 1. The van der Waals surface area contributed by atoms with Crippen molar-refractivity contribution in [2.24, 2.45) is 5.92 Å². The third kappa shape index (κ3) is 3.37. The molecule has 4 N–H and O–H groups in total. The molecule has 100 valence electrons. The second-order valence-corrected chi connectivity index (χ2v) is 4.69. The first-order valence-corrected chi connectivity index (χ1v) is 5.83. The van der Waals surface area contributed by atoms with E-state index in [1.54, 1.807) is 13.0 Å². The summed E-state index contributed by atoms with van der Waals surface area (Å²) in [6.45, 7) is 5.40. The number of nitrogens with one attached hydrogen (secondary N) is 1. The topological polar surface area (TPSA) is 89.8 Å². The molecule has 18 heavy (non-hydrogen) atoms. The highest BCUT2D eigenvalue weighted by Gasteiger charge is 2.24. The Morgan fingerprint density at radius 3 is 2.28 bits per heavy atom. The summed E-state index contributed by atoms with van der Waals surface area (Å²) < 4.78 is 0. The fourth-order valence-electron chi connectivity index (χ4n) is 1.81. The highest BCUT2D eigenvalue weighted by molar-refractivity contribution is 5.73. The van der Waals surface area contributed by atoms with Crippen molar-refractivity contribution in [1.29, 1.82) is 0 Å². The van der Waals surface area contributed by atoms with Gasteiger partial charge in [0.1, 0.15) is 17.5 Å². The smallest absolute Gasteiger partial charge is 0.320 e. The van der Waals surface area contributed by atoms with E-state index in [4.69, 9.17) is 5.11 Å². The van der Waals surface area contributed by atoms with Crippen molar-refractivity contribution >= 4 is 5.97 Å². The van der Waals surface area contributed by atoms with Gasteiger partial charge in [-0.05, 0) is 18.9 Å². The zero-order chi connectivity index (χ0) is 13.9. The van der Waals surface area contributed by atoms with Gasteiger partial charge in [-0.2, -0.15) is 0 Å². The number of aromatic hydroxyl groups is 2. The molecule has 1 aromatic carbocycles. The van der Waals surface area contributed by atoms with Crippen molar-refractivity contribution in [2.45, 2.75) is 32.9 Å². The van der Waals surface area contributed by atoms with Crippen LogP contribution in [-0.4, -0.2) is 27.3 Å². The standard InChI is InChI=1S/C13H19NO4/c1-7(2)12(13(17)18)14-8(3)10-5-4-9(15)6-11(10)16/h4-8,12,14-16H,1-3H3,(H,17,18). The van der Waals surface area contributed by atoms with E-state index >= 15 is 0 Å². The molecule has 0 aromatic heterocycles. The second-order valence-electron chi connectivity index (χ2n) is 4.69. The molecule has 0 aliphatic carbocycles. The maximum Gasteiger partial charge on any atom is 0.320 e. The van der Waals surface area contributed by atoms with Gasteiger partial charge in [0, 0.05) is 17.7 Å². The lowest BCUT2D eigenvalue weighted by Crippen LogP contribution is -2.42. The normalized spacial score (nSPS) is 14.4. The van der Waals surface area contributed by atoms with Gasteiger partial charge >= 0.3 is 5.97 Å². The number of aliphatic carboxylic acids is 1. The molecule has 1 aromatic rings. The van der Waals surface area contributed by atoms with E-state index in [0.29, 0.717) is 5.56 Å². The Kier molecular flexibility index (Phi) is 4.55. The molecule has 0 aliphatic rings. The van der Waals surface area contributed by atoms with Crippen LogP contribution >= 0.6 is 0 Å². The van der Waals surface area contributed by atoms with Gasteiger partial charge < -0.3 is 15.3 Å². The van der Waals surface area contributed by atoms with Crippen LogP contribution in [0.3, 0.4) is 0 Å².